The summed E-state index contributed by atoms with van der Waals surface area (Å²) in [5.74, 6) is 1.63. The lowest BCUT2D eigenvalue weighted by atomic mass is 9.85. The number of nitrogens with zero attached hydrogens (tertiary/aromatic N) is 1. The summed E-state index contributed by atoms with van der Waals surface area (Å²) in [6.07, 6.45) is 8.63. The van der Waals surface area contributed by atoms with Crippen LogP contribution in [0.15, 0.2) is 18.3 Å². The minimum absolute atomic E-state index is 0.384. The molecule has 0 aliphatic heterocycles. The molecule has 0 radical (unpaired) electrons. The molecule has 1 N–H and O–H groups in total. The second kappa shape index (κ2) is 7.63. The Hall–Kier alpha value is -1.09. The van der Waals surface area contributed by atoms with E-state index in [-0.39, 0.29) is 0 Å². The molecule has 0 saturated heterocycles. The lowest BCUT2D eigenvalue weighted by Gasteiger charge is -2.31. The Kier molecular flexibility index (Phi) is 5.84. The Morgan fingerprint density at radius 2 is 2.10 bits per heavy atom. The minimum Gasteiger partial charge on any atom is -0.489 e. The molecule has 0 aromatic carbocycles. The molecule has 1 aliphatic rings. The highest BCUT2D eigenvalue weighted by Crippen LogP contribution is 2.30. The first kappa shape index (κ1) is 15.3. The molecule has 3 nitrogen and oxygen atoms in total. The topological polar surface area (TPSA) is 34.1 Å². The largest absolute Gasteiger partial charge is 0.489 e. The van der Waals surface area contributed by atoms with Crippen LogP contribution in [0.4, 0.5) is 0 Å². The second-order valence-electron chi connectivity index (χ2n) is 6.13. The van der Waals surface area contributed by atoms with Gasteiger partial charge in [-0.25, -0.2) is 0 Å². The number of hydrogen-bond acceptors (Lipinski definition) is 3. The predicted molar refractivity (Wildman–Crippen MR) is 82.9 cm³/mol. The number of aromatic nitrogens is 1. The third-order valence-electron chi connectivity index (χ3n) is 4.14. The van der Waals surface area contributed by atoms with E-state index in [1.807, 2.05) is 6.20 Å². The van der Waals surface area contributed by atoms with Crippen molar-refractivity contribution in [3.05, 3.63) is 24.0 Å². The molecule has 1 aliphatic carbocycles. The van der Waals surface area contributed by atoms with E-state index in [1.165, 1.54) is 32.1 Å². The Bertz CT molecular complexity index is 388. The first-order valence-corrected chi connectivity index (χ1v) is 8.04. The third kappa shape index (κ3) is 4.48. The molecule has 2 rings (SSSR count). The monoisotopic (exact) mass is 276 g/mol. The van der Waals surface area contributed by atoms with Gasteiger partial charge in [-0.2, -0.15) is 0 Å². The molecular formula is C17H28N2O. The van der Waals surface area contributed by atoms with Crippen molar-refractivity contribution < 1.29 is 4.74 Å². The van der Waals surface area contributed by atoms with E-state index >= 15 is 0 Å². The van der Waals surface area contributed by atoms with Crippen LogP contribution in [0.3, 0.4) is 0 Å². The minimum atomic E-state index is 0.384. The van der Waals surface area contributed by atoms with Crippen molar-refractivity contribution >= 4 is 0 Å². The highest BCUT2D eigenvalue weighted by Gasteiger charge is 2.25. The average Bonchev–Trinajstić information content (AvgIpc) is 2.47. The zero-order valence-electron chi connectivity index (χ0n) is 13.1. The van der Waals surface area contributed by atoms with Crippen LogP contribution in [0, 0.1) is 5.92 Å². The van der Waals surface area contributed by atoms with E-state index in [4.69, 9.17) is 4.74 Å². The van der Waals surface area contributed by atoms with Crippen molar-refractivity contribution in [2.75, 3.05) is 0 Å². The number of rotatable bonds is 6. The molecule has 1 heterocycles. The predicted octanol–water partition coefficient (Wildman–Crippen LogP) is 3.93. The molecule has 0 spiro atoms. The van der Waals surface area contributed by atoms with Crippen molar-refractivity contribution in [2.45, 2.75) is 71.6 Å². The lowest BCUT2D eigenvalue weighted by Crippen LogP contribution is -2.30. The molecule has 1 aromatic rings. The highest BCUT2D eigenvalue weighted by molar-refractivity contribution is 5.20. The first-order chi connectivity index (χ1) is 9.69. The third-order valence-corrected chi connectivity index (χ3v) is 4.14. The standard InChI is InChI=1S/C17H28N2O/c1-4-14-7-5-6-8-17(14)20-16-10-9-15(19-12-16)11-18-13(2)3/h9-10,12-14,17-18H,4-8,11H2,1-3H3. The van der Waals surface area contributed by atoms with Crippen molar-refractivity contribution in [3.8, 4) is 5.75 Å². The smallest absolute Gasteiger partial charge is 0.138 e. The van der Waals surface area contributed by atoms with Crippen LogP contribution in [-0.2, 0) is 6.54 Å². The molecule has 3 heteroatoms. The van der Waals surface area contributed by atoms with Gasteiger partial charge in [0.2, 0.25) is 0 Å². The Balaban J connectivity index is 1.89. The summed E-state index contributed by atoms with van der Waals surface area (Å²) in [4.78, 5) is 4.48. The summed E-state index contributed by atoms with van der Waals surface area (Å²) >= 11 is 0. The Morgan fingerprint density at radius 3 is 2.75 bits per heavy atom. The van der Waals surface area contributed by atoms with Gasteiger partial charge < -0.3 is 10.1 Å². The molecule has 20 heavy (non-hydrogen) atoms. The van der Waals surface area contributed by atoms with Gasteiger partial charge in [0, 0.05) is 12.6 Å². The van der Waals surface area contributed by atoms with Crippen LogP contribution in [0.1, 0.15) is 58.6 Å². The number of pyridine rings is 1. The summed E-state index contributed by atoms with van der Waals surface area (Å²) in [6.45, 7) is 7.38. The van der Waals surface area contributed by atoms with Crippen LogP contribution in [0.25, 0.3) is 0 Å². The fraction of sp³-hybridized carbons (Fsp3) is 0.706. The molecule has 2 atom stereocenters. The van der Waals surface area contributed by atoms with E-state index in [0.29, 0.717) is 18.1 Å². The van der Waals surface area contributed by atoms with Crippen molar-refractivity contribution in [2.24, 2.45) is 5.92 Å². The molecule has 1 saturated carbocycles. The van der Waals surface area contributed by atoms with Gasteiger partial charge in [-0.05, 0) is 43.7 Å². The van der Waals surface area contributed by atoms with Crippen molar-refractivity contribution in [1.29, 1.82) is 0 Å². The van der Waals surface area contributed by atoms with Gasteiger partial charge in [-0.3, -0.25) is 4.98 Å². The summed E-state index contributed by atoms with van der Waals surface area (Å²) in [5, 5.41) is 3.38. The number of nitrogens with one attached hydrogen (secondary N) is 1. The van der Waals surface area contributed by atoms with Gasteiger partial charge in [0.25, 0.3) is 0 Å². The van der Waals surface area contributed by atoms with Gasteiger partial charge in [0.05, 0.1) is 11.9 Å². The fourth-order valence-corrected chi connectivity index (χ4v) is 2.86. The molecule has 0 bridgehead atoms. The maximum absolute atomic E-state index is 6.16. The normalized spacial score (nSPS) is 23.0. The van der Waals surface area contributed by atoms with E-state index in [2.05, 4.69) is 43.2 Å². The lowest BCUT2D eigenvalue weighted by molar-refractivity contribution is 0.0900. The molecule has 0 amide bonds. The van der Waals surface area contributed by atoms with Gasteiger partial charge >= 0.3 is 0 Å². The molecule has 2 unspecified atom stereocenters. The van der Waals surface area contributed by atoms with Gasteiger partial charge in [0.1, 0.15) is 11.9 Å². The van der Waals surface area contributed by atoms with Gasteiger partial charge in [0.15, 0.2) is 0 Å². The van der Waals surface area contributed by atoms with Gasteiger partial charge in [-0.1, -0.05) is 27.2 Å². The van der Waals surface area contributed by atoms with E-state index < -0.39 is 0 Å². The number of hydrogen-bond donors (Lipinski definition) is 1. The quantitative estimate of drug-likeness (QED) is 0.855. The van der Waals surface area contributed by atoms with Crippen molar-refractivity contribution in [3.63, 3.8) is 0 Å². The van der Waals surface area contributed by atoms with Gasteiger partial charge in [-0.15, -0.1) is 0 Å². The summed E-state index contributed by atoms with van der Waals surface area (Å²) in [7, 11) is 0. The van der Waals surface area contributed by atoms with Crippen molar-refractivity contribution in [1.82, 2.24) is 10.3 Å². The van der Waals surface area contributed by atoms with E-state index in [1.54, 1.807) is 0 Å². The molecule has 1 fully saturated rings. The zero-order valence-corrected chi connectivity index (χ0v) is 13.1. The van der Waals surface area contributed by atoms with E-state index in [9.17, 15) is 0 Å². The van der Waals surface area contributed by atoms with Crippen LogP contribution in [0.5, 0.6) is 5.75 Å². The summed E-state index contributed by atoms with van der Waals surface area (Å²) < 4.78 is 6.16. The van der Waals surface area contributed by atoms with Crippen LogP contribution >= 0.6 is 0 Å². The Labute approximate surface area is 123 Å². The second-order valence-corrected chi connectivity index (χ2v) is 6.13. The van der Waals surface area contributed by atoms with Crippen LogP contribution in [-0.4, -0.2) is 17.1 Å². The number of ether oxygens (including phenoxy) is 1. The zero-order chi connectivity index (χ0) is 14.4. The SMILES string of the molecule is CCC1CCCCC1Oc1ccc(CNC(C)C)nc1. The summed E-state index contributed by atoms with van der Waals surface area (Å²) in [6, 6.07) is 4.61. The maximum Gasteiger partial charge on any atom is 0.138 e. The fourth-order valence-electron chi connectivity index (χ4n) is 2.86. The molecular weight excluding hydrogens is 248 g/mol. The average molecular weight is 276 g/mol. The highest BCUT2D eigenvalue weighted by atomic mass is 16.5. The summed E-state index contributed by atoms with van der Waals surface area (Å²) in [5.41, 5.74) is 1.07. The molecule has 112 valence electrons. The van der Waals surface area contributed by atoms with Crippen LogP contribution in [0.2, 0.25) is 0 Å². The van der Waals surface area contributed by atoms with E-state index in [0.717, 1.165) is 18.0 Å². The molecule has 1 aromatic heterocycles. The van der Waals surface area contributed by atoms with Crippen LogP contribution < -0.4 is 10.1 Å². The maximum atomic E-state index is 6.16. The Morgan fingerprint density at radius 1 is 1.30 bits per heavy atom. The first-order valence-electron chi connectivity index (χ1n) is 8.04.